The lowest BCUT2D eigenvalue weighted by Gasteiger charge is -2.20. The van der Waals surface area contributed by atoms with E-state index in [-0.39, 0.29) is 5.91 Å². The van der Waals surface area contributed by atoms with Crippen molar-refractivity contribution < 1.29 is 4.79 Å². The van der Waals surface area contributed by atoms with E-state index in [9.17, 15) is 4.79 Å². The van der Waals surface area contributed by atoms with Crippen LogP contribution in [-0.2, 0) is 17.8 Å². The third-order valence-electron chi connectivity index (χ3n) is 3.72. The Bertz CT molecular complexity index is 762. The molecule has 0 spiro atoms. The maximum atomic E-state index is 12.6. The number of benzene rings is 1. The van der Waals surface area contributed by atoms with Gasteiger partial charge in [0.15, 0.2) is 0 Å². The van der Waals surface area contributed by atoms with Crippen LogP contribution in [0.25, 0.3) is 10.9 Å². The molecule has 3 nitrogen and oxygen atoms in total. The number of rotatable bonds is 5. The van der Waals surface area contributed by atoms with Crippen molar-refractivity contribution in [1.29, 1.82) is 0 Å². The Hall–Kier alpha value is -2.20. The van der Waals surface area contributed by atoms with Crippen LogP contribution in [0.2, 0.25) is 0 Å². The molecule has 3 rings (SSSR count). The predicted molar refractivity (Wildman–Crippen MR) is 90.9 cm³/mol. The Morgan fingerprint density at radius 1 is 1.18 bits per heavy atom. The van der Waals surface area contributed by atoms with E-state index in [0.717, 1.165) is 23.0 Å². The molecule has 0 radical (unpaired) electrons. The second kappa shape index (κ2) is 6.71. The molecule has 2 heterocycles. The minimum absolute atomic E-state index is 0.147. The highest BCUT2D eigenvalue weighted by atomic mass is 32.1. The van der Waals surface area contributed by atoms with Crippen molar-refractivity contribution >= 4 is 28.1 Å². The smallest absolute Gasteiger partial charge is 0.227 e. The minimum atomic E-state index is 0.147. The van der Waals surface area contributed by atoms with Gasteiger partial charge in [-0.05, 0) is 30.0 Å². The van der Waals surface area contributed by atoms with E-state index in [1.54, 1.807) is 17.5 Å². The second-order valence-corrected chi connectivity index (χ2v) is 6.19. The van der Waals surface area contributed by atoms with Crippen molar-refractivity contribution in [3.8, 4) is 0 Å². The molecule has 0 bridgehead atoms. The van der Waals surface area contributed by atoms with Gasteiger partial charge in [-0.15, -0.1) is 11.3 Å². The minimum Gasteiger partial charge on any atom is -0.338 e. The summed E-state index contributed by atoms with van der Waals surface area (Å²) in [6.07, 6.45) is 2.17. The monoisotopic (exact) mass is 310 g/mol. The number of thiophene rings is 1. The average molecular weight is 310 g/mol. The first-order chi connectivity index (χ1) is 10.8. The molecule has 2 aromatic heterocycles. The van der Waals surface area contributed by atoms with Crippen LogP contribution in [0.5, 0.6) is 0 Å². The van der Waals surface area contributed by atoms with Crippen LogP contribution in [0.15, 0.2) is 54.0 Å². The van der Waals surface area contributed by atoms with Gasteiger partial charge in [0.05, 0.1) is 18.5 Å². The molecule has 1 aromatic carbocycles. The normalized spacial score (nSPS) is 10.8. The number of hydrogen-bond acceptors (Lipinski definition) is 3. The number of aromatic nitrogens is 1. The zero-order valence-electron chi connectivity index (χ0n) is 12.5. The number of carbonyl (C=O) groups is 1. The van der Waals surface area contributed by atoms with Crippen molar-refractivity contribution in [3.05, 3.63) is 64.5 Å². The van der Waals surface area contributed by atoms with Gasteiger partial charge < -0.3 is 4.90 Å². The summed E-state index contributed by atoms with van der Waals surface area (Å²) in [7, 11) is 0. The molecule has 0 aliphatic heterocycles. The lowest BCUT2D eigenvalue weighted by Crippen LogP contribution is -2.31. The number of nitrogens with zero attached hydrogens (tertiary/aromatic N) is 2. The van der Waals surface area contributed by atoms with Gasteiger partial charge in [-0.25, -0.2) is 0 Å². The fraction of sp³-hybridized carbons (Fsp3) is 0.222. The van der Waals surface area contributed by atoms with Crippen LogP contribution in [0, 0.1) is 0 Å². The second-order valence-electron chi connectivity index (χ2n) is 5.16. The Kier molecular flexibility index (Phi) is 4.49. The van der Waals surface area contributed by atoms with Crippen LogP contribution >= 0.6 is 11.3 Å². The van der Waals surface area contributed by atoms with E-state index in [1.807, 2.05) is 53.6 Å². The van der Waals surface area contributed by atoms with Crippen LogP contribution in [0.4, 0.5) is 0 Å². The number of carbonyl (C=O) groups excluding carboxylic acids is 1. The van der Waals surface area contributed by atoms with E-state index in [1.165, 1.54) is 4.88 Å². The van der Waals surface area contributed by atoms with Crippen LogP contribution in [0.3, 0.4) is 0 Å². The molecular weight excluding hydrogens is 292 g/mol. The number of likely N-dealkylation sites (N-methyl/N-ethyl adjacent to an activating group) is 1. The summed E-state index contributed by atoms with van der Waals surface area (Å²) in [4.78, 5) is 20.2. The van der Waals surface area contributed by atoms with E-state index >= 15 is 0 Å². The first-order valence-electron chi connectivity index (χ1n) is 7.40. The SMILES string of the molecule is CCN(Cc1cccs1)C(=O)Cc1cccc2cccnc12. The fourth-order valence-corrected chi connectivity index (χ4v) is 3.27. The molecule has 3 aromatic rings. The fourth-order valence-electron chi connectivity index (χ4n) is 2.55. The summed E-state index contributed by atoms with van der Waals surface area (Å²) in [5.74, 6) is 0.147. The van der Waals surface area contributed by atoms with Gasteiger partial charge in [0.25, 0.3) is 0 Å². The Labute approximate surface area is 134 Å². The van der Waals surface area contributed by atoms with Crippen molar-refractivity contribution in [2.24, 2.45) is 0 Å². The lowest BCUT2D eigenvalue weighted by molar-refractivity contribution is -0.130. The highest BCUT2D eigenvalue weighted by Crippen LogP contribution is 2.18. The third-order valence-corrected chi connectivity index (χ3v) is 4.58. The molecule has 112 valence electrons. The van der Waals surface area contributed by atoms with Gasteiger partial charge in [0.1, 0.15) is 0 Å². The molecule has 0 saturated carbocycles. The number of para-hydroxylation sites is 1. The number of amides is 1. The summed E-state index contributed by atoms with van der Waals surface area (Å²) < 4.78 is 0. The molecule has 0 saturated heterocycles. The predicted octanol–water partition coefficient (Wildman–Crippen LogP) is 3.89. The van der Waals surface area contributed by atoms with Gasteiger partial charge in [-0.1, -0.05) is 30.3 Å². The van der Waals surface area contributed by atoms with Gasteiger partial charge in [-0.3, -0.25) is 9.78 Å². The maximum absolute atomic E-state index is 12.6. The van der Waals surface area contributed by atoms with Crippen molar-refractivity contribution in [3.63, 3.8) is 0 Å². The van der Waals surface area contributed by atoms with Gasteiger partial charge in [0.2, 0.25) is 5.91 Å². The Morgan fingerprint density at radius 2 is 2.05 bits per heavy atom. The summed E-state index contributed by atoms with van der Waals surface area (Å²) >= 11 is 1.69. The molecule has 0 aliphatic rings. The molecule has 0 aliphatic carbocycles. The van der Waals surface area contributed by atoms with Gasteiger partial charge >= 0.3 is 0 Å². The average Bonchev–Trinajstić information content (AvgIpc) is 3.06. The number of hydrogen-bond donors (Lipinski definition) is 0. The summed E-state index contributed by atoms with van der Waals surface area (Å²) in [5, 5.41) is 3.12. The molecule has 1 amide bonds. The molecule has 0 unspecified atom stereocenters. The molecular formula is C18H18N2OS. The molecule has 0 N–H and O–H groups in total. The number of pyridine rings is 1. The van der Waals surface area contributed by atoms with Crippen molar-refractivity contribution in [2.45, 2.75) is 19.9 Å². The summed E-state index contributed by atoms with van der Waals surface area (Å²) in [6.45, 7) is 3.42. The molecule has 0 atom stereocenters. The van der Waals surface area contributed by atoms with Gasteiger partial charge in [0, 0.05) is 23.0 Å². The van der Waals surface area contributed by atoms with Crippen LogP contribution in [-0.4, -0.2) is 22.3 Å². The van der Waals surface area contributed by atoms with E-state index in [2.05, 4.69) is 11.1 Å². The molecule has 22 heavy (non-hydrogen) atoms. The van der Waals surface area contributed by atoms with Crippen molar-refractivity contribution in [1.82, 2.24) is 9.88 Å². The largest absolute Gasteiger partial charge is 0.338 e. The lowest BCUT2D eigenvalue weighted by atomic mass is 10.1. The zero-order valence-corrected chi connectivity index (χ0v) is 13.3. The zero-order chi connectivity index (χ0) is 15.4. The number of fused-ring (bicyclic) bond motifs is 1. The molecule has 0 fully saturated rings. The van der Waals surface area contributed by atoms with Crippen LogP contribution in [0.1, 0.15) is 17.4 Å². The topological polar surface area (TPSA) is 33.2 Å². The van der Waals surface area contributed by atoms with E-state index < -0.39 is 0 Å². The van der Waals surface area contributed by atoms with Crippen LogP contribution < -0.4 is 0 Å². The maximum Gasteiger partial charge on any atom is 0.227 e. The third kappa shape index (κ3) is 3.17. The van der Waals surface area contributed by atoms with Crippen molar-refractivity contribution in [2.75, 3.05) is 6.54 Å². The summed E-state index contributed by atoms with van der Waals surface area (Å²) in [5.41, 5.74) is 1.92. The first-order valence-corrected chi connectivity index (χ1v) is 8.28. The summed E-state index contributed by atoms with van der Waals surface area (Å²) in [6, 6.07) is 14.0. The first kappa shape index (κ1) is 14.7. The quantitative estimate of drug-likeness (QED) is 0.716. The highest BCUT2D eigenvalue weighted by molar-refractivity contribution is 7.09. The highest BCUT2D eigenvalue weighted by Gasteiger charge is 2.15. The van der Waals surface area contributed by atoms with Gasteiger partial charge in [-0.2, -0.15) is 0 Å². The Balaban J connectivity index is 1.79. The Morgan fingerprint density at radius 3 is 2.82 bits per heavy atom. The van der Waals surface area contributed by atoms with E-state index in [0.29, 0.717) is 13.0 Å². The standard InChI is InChI=1S/C18H18N2OS/c1-2-20(13-16-9-5-11-22-16)17(21)12-15-7-3-6-14-8-4-10-19-18(14)15/h3-11H,2,12-13H2,1H3. The molecule has 4 heteroatoms. The van der Waals surface area contributed by atoms with E-state index in [4.69, 9.17) is 0 Å².